The number of nitriles is 1. The third-order valence-electron chi connectivity index (χ3n) is 2.46. The minimum Gasteiger partial charge on any atom is -0.478 e. The Morgan fingerprint density at radius 1 is 1.12 bits per heavy atom. The Balaban J connectivity index is 2.61. The highest BCUT2D eigenvalue weighted by molar-refractivity contribution is 5.96. The molecule has 0 atom stereocenters. The first-order valence-electron chi connectivity index (χ1n) is 5.05. The summed E-state index contributed by atoms with van der Waals surface area (Å²) >= 11 is 0. The molecule has 0 spiro atoms. The van der Waals surface area contributed by atoms with Gasteiger partial charge in [0.05, 0.1) is 17.2 Å². The molecule has 0 aliphatic heterocycles. The highest BCUT2D eigenvalue weighted by Gasteiger charge is 2.10. The summed E-state index contributed by atoms with van der Waals surface area (Å²) in [7, 11) is 0. The van der Waals surface area contributed by atoms with Gasteiger partial charge in [-0.3, -0.25) is 0 Å². The van der Waals surface area contributed by atoms with Crippen molar-refractivity contribution in [2.75, 3.05) is 0 Å². The number of nitrogens with zero attached hydrogens (tertiary/aromatic N) is 1. The van der Waals surface area contributed by atoms with Gasteiger partial charge in [-0.15, -0.1) is 0 Å². The highest BCUT2D eigenvalue weighted by atomic mass is 16.4. The number of benzene rings is 2. The van der Waals surface area contributed by atoms with Crippen LogP contribution in [-0.4, -0.2) is 11.1 Å². The number of carboxylic acid groups (broad SMARTS) is 1. The lowest BCUT2D eigenvalue weighted by Crippen LogP contribution is -1.98. The Hall–Kier alpha value is -2.60. The molecule has 0 fully saturated rings. The summed E-state index contributed by atoms with van der Waals surface area (Å²) in [5, 5.41) is 17.9. The van der Waals surface area contributed by atoms with Crippen LogP contribution in [0.25, 0.3) is 11.1 Å². The molecule has 3 nitrogen and oxygen atoms in total. The molecule has 0 saturated heterocycles. The first-order valence-corrected chi connectivity index (χ1v) is 5.05. The van der Waals surface area contributed by atoms with Crippen molar-refractivity contribution in [1.82, 2.24) is 0 Å². The van der Waals surface area contributed by atoms with Gasteiger partial charge in [0.15, 0.2) is 0 Å². The van der Waals surface area contributed by atoms with Crippen molar-refractivity contribution in [2.45, 2.75) is 0 Å². The van der Waals surface area contributed by atoms with E-state index in [4.69, 9.17) is 10.4 Å². The molecule has 2 aromatic rings. The minimum absolute atomic E-state index is 0.239. The Morgan fingerprint density at radius 3 is 2.59 bits per heavy atom. The van der Waals surface area contributed by atoms with Gasteiger partial charge in [0.1, 0.15) is 0 Å². The summed E-state index contributed by atoms with van der Waals surface area (Å²) in [4.78, 5) is 11.1. The molecule has 0 bridgehead atoms. The monoisotopic (exact) mass is 223 g/mol. The first-order chi connectivity index (χ1) is 8.22. The molecule has 0 radical (unpaired) electrons. The lowest BCUT2D eigenvalue weighted by molar-refractivity contribution is 0.0697. The van der Waals surface area contributed by atoms with Crippen LogP contribution in [0.1, 0.15) is 15.9 Å². The van der Waals surface area contributed by atoms with Crippen LogP contribution in [0.3, 0.4) is 0 Å². The van der Waals surface area contributed by atoms with Crippen LogP contribution in [-0.2, 0) is 0 Å². The molecule has 0 aromatic heterocycles. The highest BCUT2D eigenvalue weighted by Crippen LogP contribution is 2.24. The van der Waals surface area contributed by atoms with Gasteiger partial charge < -0.3 is 5.11 Å². The van der Waals surface area contributed by atoms with E-state index in [1.165, 1.54) is 0 Å². The smallest absolute Gasteiger partial charge is 0.336 e. The van der Waals surface area contributed by atoms with E-state index >= 15 is 0 Å². The van der Waals surface area contributed by atoms with E-state index in [0.29, 0.717) is 11.1 Å². The molecule has 0 unspecified atom stereocenters. The summed E-state index contributed by atoms with van der Waals surface area (Å²) in [6.07, 6.45) is 0. The summed E-state index contributed by atoms with van der Waals surface area (Å²) in [6.45, 7) is 0. The number of carbonyl (C=O) groups is 1. The Bertz CT molecular complexity index is 612. The number of rotatable bonds is 2. The average molecular weight is 223 g/mol. The zero-order chi connectivity index (χ0) is 12.3. The maximum Gasteiger partial charge on any atom is 0.336 e. The zero-order valence-electron chi connectivity index (χ0n) is 8.92. The summed E-state index contributed by atoms with van der Waals surface area (Å²) in [5.74, 6) is -0.969. The minimum atomic E-state index is -0.969. The predicted molar refractivity (Wildman–Crippen MR) is 63.6 cm³/mol. The summed E-state index contributed by atoms with van der Waals surface area (Å²) < 4.78 is 0. The molecule has 0 heterocycles. The van der Waals surface area contributed by atoms with Crippen molar-refractivity contribution in [3.63, 3.8) is 0 Å². The SMILES string of the molecule is N#Cc1cccc(-c2ccccc2C(=O)O)c1. The largest absolute Gasteiger partial charge is 0.478 e. The van der Waals surface area contributed by atoms with Gasteiger partial charge >= 0.3 is 5.97 Å². The Kier molecular flexibility index (Phi) is 2.89. The van der Waals surface area contributed by atoms with Crippen molar-refractivity contribution in [1.29, 1.82) is 5.26 Å². The maximum absolute atomic E-state index is 11.1. The van der Waals surface area contributed by atoms with Crippen molar-refractivity contribution < 1.29 is 9.90 Å². The van der Waals surface area contributed by atoms with Crippen LogP contribution < -0.4 is 0 Å². The molecule has 0 amide bonds. The third kappa shape index (κ3) is 2.16. The zero-order valence-corrected chi connectivity index (χ0v) is 8.92. The molecule has 2 rings (SSSR count). The van der Waals surface area contributed by atoms with Gasteiger partial charge in [-0.25, -0.2) is 4.79 Å². The van der Waals surface area contributed by atoms with Gasteiger partial charge in [-0.2, -0.15) is 5.26 Å². The normalized spacial score (nSPS) is 9.59. The predicted octanol–water partition coefficient (Wildman–Crippen LogP) is 2.92. The number of hydrogen-bond donors (Lipinski definition) is 1. The van der Waals surface area contributed by atoms with Gasteiger partial charge in [-0.1, -0.05) is 30.3 Å². The van der Waals surface area contributed by atoms with E-state index < -0.39 is 5.97 Å². The van der Waals surface area contributed by atoms with E-state index in [2.05, 4.69) is 0 Å². The average Bonchev–Trinajstić information content (AvgIpc) is 2.39. The third-order valence-corrected chi connectivity index (χ3v) is 2.46. The van der Waals surface area contributed by atoms with Crippen LogP contribution in [0.2, 0.25) is 0 Å². The second-order valence-electron chi connectivity index (χ2n) is 3.54. The molecule has 17 heavy (non-hydrogen) atoms. The molecule has 3 heteroatoms. The molecule has 0 aliphatic rings. The maximum atomic E-state index is 11.1. The van der Waals surface area contributed by atoms with Gasteiger partial charge in [-0.05, 0) is 29.3 Å². The van der Waals surface area contributed by atoms with E-state index in [1.807, 2.05) is 6.07 Å². The van der Waals surface area contributed by atoms with Crippen LogP contribution in [0.4, 0.5) is 0 Å². The molecule has 0 aliphatic carbocycles. The molecule has 82 valence electrons. The van der Waals surface area contributed by atoms with E-state index in [9.17, 15) is 4.79 Å². The van der Waals surface area contributed by atoms with Gasteiger partial charge in [0, 0.05) is 0 Å². The van der Waals surface area contributed by atoms with Crippen LogP contribution in [0.5, 0.6) is 0 Å². The van der Waals surface area contributed by atoms with E-state index in [0.717, 1.165) is 5.56 Å². The van der Waals surface area contributed by atoms with Gasteiger partial charge in [0.2, 0.25) is 0 Å². The van der Waals surface area contributed by atoms with Crippen LogP contribution in [0.15, 0.2) is 48.5 Å². The number of aromatic carboxylic acids is 1. The van der Waals surface area contributed by atoms with E-state index in [-0.39, 0.29) is 5.56 Å². The fourth-order valence-corrected chi connectivity index (χ4v) is 1.68. The molecule has 2 aromatic carbocycles. The van der Waals surface area contributed by atoms with Crippen molar-refractivity contribution in [3.8, 4) is 17.2 Å². The van der Waals surface area contributed by atoms with Crippen molar-refractivity contribution >= 4 is 5.97 Å². The quantitative estimate of drug-likeness (QED) is 0.851. The Labute approximate surface area is 98.6 Å². The lowest BCUT2D eigenvalue weighted by atomic mass is 9.98. The number of hydrogen-bond acceptors (Lipinski definition) is 2. The van der Waals surface area contributed by atoms with Crippen LogP contribution in [0, 0.1) is 11.3 Å². The first kappa shape index (κ1) is 10.9. The standard InChI is InChI=1S/C14H9NO2/c15-9-10-4-3-5-11(8-10)12-6-1-2-7-13(12)14(16)17/h1-8H,(H,16,17). The summed E-state index contributed by atoms with van der Waals surface area (Å²) in [5.41, 5.74) is 2.12. The van der Waals surface area contributed by atoms with Crippen molar-refractivity contribution in [3.05, 3.63) is 59.7 Å². The topological polar surface area (TPSA) is 61.1 Å². The molecular weight excluding hydrogens is 214 g/mol. The van der Waals surface area contributed by atoms with E-state index in [1.54, 1.807) is 48.5 Å². The summed E-state index contributed by atoms with van der Waals surface area (Å²) in [6, 6.07) is 15.7. The lowest BCUT2D eigenvalue weighted by Gasteiger charge is -2.05. The molecule has 1 N–H and O–H groups in total. The second-order valence-corrected chi connectivity index (χ2v) is 3.54. The van der Waals surface area contributed by atoms with Crippen LogP contribution >= 0.6 is 0 Å². The Morgan fingerprint density at radius 2 is 1.88 bits per heavy atom. The fourth-order valence-electron chi connectivity index (χ4n) is 1.68. The van der Waals surface area contributed by atoms with Crippen molar-refractivity contribution in [2.24, 2.45) is 0 Å². The number of carboxylic acids is 1. The van der Waals surface area contributed by atoms with Gasteiger partial charge in [0.25, 0.3) is 0 Å². The second kappa shape index (κ2) is 4.50. The molecular formula is C14H9NO2. The molecule has 0 saturated carbocycles. The fraction of sp³-hybridized carbons (Fsp3) is 0.